The van der Waals surface area contributed by atoms with E-state index in [1.165, 1.54) is 25.3 Å². The van der Waals surface area contributed by atoms with Crippen LogP contribution in [0.15, 0.2) is 39.8 Å². The molecule has 0 radical (unpaired) electrons. The van der Waals surface area contributed by atoms with Crippen LogP contribution < -0.4 is 9.88 Å². The van der Waals surface area contributed by atoms with Gasteiger partial charge in [-0.15, -0.1) is 0 Å². The molecule has 0 saturated carbocycles. The van der Waals surface area contributed by atoms with E-state index in [2.05, 4.69) is 9.68 Å². The highest BCUT2D eigenvalue weighted by Crippen LogP contribution is 2.44. The minimum atomic E-state index is -5.13. The predicted molar refractivity (Wildman–Crippen MR) is 95.2 cm³/mol. The van der Waals surface area contributed by atoms with Crippen LogP contribution in [0.1, 0.15) is 5.76 Å². The van der Waals surface area contributed by atoms with Crippen LogP contribution in [0.2, 0.25) is 5.02 Å². The van der Waals surface area contributed by atoms with Gasteiger partial charge in [0, 0.05) is 11.1 Å². The second-order valence-electron chi connectivity index (χ2n) is 5.89. The van der Waals surface area contributed by atoms with Gasteiger partial charge in [0.1, 0.15) is 28.0 Å². The fourth-order valence-electron chi connectivity index (χ4n) is 2.68. The minimum absolute atomic E-state index is 0.00809. The number of hydrogen-bond acceptors (Lipinski definition) is 5. The summed E-state index contributed by atoms with van der Waals surface area (Å²) in [6, 6.07) is 4.24. The Balaban J connectivity index is 2.33. The number of ether oxygens (including phenoxy) is 1. The maximum absolute atomic E-state index is 14.6. The van der Waals surface area contributed by atoms with E-state index in [1.54, 1.807) is 0 Å². The molecule has 160 valence electrons. The number of aromatic nitrogens is 1. The normalized spacial score (nSPS) is 12.3. The third kappa shape index (κ3) is 3.98. The van der Waals surface area contributed by atoms with Crippen molar-refractivity contribution in [2.75, 3.05) is 7.11 Å². The van der Waals surface area contributed by atoms with Crippen molar-refractivity contribution in [2.24, 2.45) is 5.14 Å². The first kappa shape index (κ1) is 22.0. The molecular formula is C17H10ClF5N2O4S. The Morgan fingerprint density at radius 1 is 1.13 bits per heavy atom. The van der Waals surface area contributed by atoms with Crippen molar-refractivity contribution in [2.45, 2.75) is 11.1 Å². The first-order valence-electron chi connectivity index (χ1n) is 7.77. The molecule has 3 rings (SSSR count). The molecule has 2 N–H and O–H groups in total. The van der Waals surface area contributed by atoms with Crippen molar-refractivity contribution in [1.29, 1.82) is 0 Å². The van der Waals surface area contributed by atoms with Gasteiger partial charge in [0.2, 0.25) is 15.8 Å². The molecule has 0 aliphatic heterocycles. The maximum atomic E-state index is 14.6. The van der Waals surface area contributed by atoms with E-state index in [4.69, 9.17) is 21.5 Å². The topological polar surface area (TPSA) is 95.4 Å². The van der Waals surface area contributed by atoms with E-state index in [9.17, 15) is 30.4 Å². The molecule has 0 atom stereocenters. The van der Waals surface area contributed by atoms with Crippen molar-refractivity contribution >= 4 is 21.6 Å². The summed E-state index contributed by atoms with van der Waals surface area (Å²) in [6.07, 6.45) is -5.13. The van der Waals surface area contributed by atoms with Crippen molar-refractivity contribution in [3.05, 3.63) is 52.7 Å². The molecule has 13 heteroatoms. The summed E-state index contributed by atoms with van der Waals surface area (Å²) in [5.41, 5.74) is -2.41. The lowest BCUT2D eigenvalue weighted by Gasteiger charge is -2.11. The van der Waals surface area contributed by atoms with Crippen LogP contribution in [0.3, 0.4) is 0 Å². The Hall–Kier alpha value is -2.70. The molecule has 30 heavy (non-hydrogen) atoms. The Kier molecular flexibility index (Phi) is 5.52. The van der Waals surface area contributed by atoms with Crippen molar-refractivity contribution in [3.8, 4) is 28.1 Å². The number of halogens is 6. The SMILES string of the molecule is COc1ccc(-c2noc(C(F)(F)F)c2-c2cc(F)c(S(N)(=O)=O)cc2F)cc1Cl. The third-order valence-electron chi connectivity index (χ3n) is 3.97. The van der Waals surface area contributed by atoms with Crippen LogP contribution in [0.4, 0.5) is 22.0 Å². The molecule has 0 aliphatic carbocycles. The highest BCUT2D eigenvalue weighted by atomic mass is 35.5. The first-order chi connectivity index (χ1) is 13.8. The fourth-order valence-corrected chi connectivity index (χ4v) is 3.54. The molecule has 2 aromatic carbocycles. The average Bonchev–Trinajstić information content (AvgIpc) is 3.07. The lowest BCUT2D eigenvalue weighted by Crippen LogP contribution is -2.15. The van der Waals surface area contributed by atoms with Gasteiger partial charge in [-0.2, -0.15) is 13.2 Å². The second-order valence-corrected chi connectivity index (χ2v) is 7.83. The third-order valence-corrected chi connectivity index (χ3v) is 5.19. The summed E-state index contributed by atoms with van der Waals surface area (Å²) in [5, 5.41) is 8.14. The van der Waals surface area contributed by atoms with Crippen molar-refractivity contribution in [1.82, 2.24) is 5.16 Å². The number of hydrogen-bond donors (Lipinski definition) is 1. The van der Waals surface area contributed by atoms with Gasteiger partial charge in [-0.05, 0) is 30.3 Å². The summed E-state index contributed by atoms with van der Waals surface area (Å²) in [6.45, 7) is 0. The highest BCUT2D eigenvalue weighted by Gasteiger charge is 2.42. The van der Waals surface area contributed by atoms with E-state index >= 15 is 0 Å². The molecule has 0 unspecified atom stereocenters. The molecule has 1 aromatic heterocycles. The van der Waals surface area contributed by atoms with Gasteiger partial charge in [-0.1, -0.05) is 16.8 Å². The van der Waals surface area contributed by atoms with Gasteiger partial charge in [0.05, 0.1) is 17.7 Å². The number of benzene rings is 2. The van der Waals surface area contributed by atoms with Gasteiger partial charge >= 0.3 is 6.18 Å². The van der Waals surface area contributed by atoms with E-state index < -0.39 is 55.3 Å². The smallest absolute Gasteiger partial charge is 0.453 e. The molecule has 0 amide bonds. The lowest BCUT2D eigenvalue weighted by molar-refractivity contribution is -0.154. The number of primary sulfonamides is 1. The van der Waals surface area contributed by atoms with Gasteiger partial charge in [0.25, 0.3) is 0 Å². The number of nitrogens with zero attached hydrogens (tertiary/aromatic N) is 1. The molecule has 3 aromatic rings. The zero-order chi connectivity index (χ0) is 22.4. The average molecular weight is 469 g/mol. The summed E-state index contributed by atoms with van der Waals surface area (Å²) < 4.78 is 101. The Morgan fingerprint density at radius 2 is 1.80 bits per heavy atom. The molecule has 0 saturated heterocycles. The lowest BCUT2D eigenvalue weighted by atomic mass is 9.98. The van der Waals surface area contributed by atoms with Gasteiger partial charge in [-0.3, -0.25) is 0 Å². The van der Waals surface area contributed by atoms with Crippen LogP contribution in [0.5, 0.6) is 5.75 Å². The molecule has 6 nitrogen and oxygen atoms in total. The summed E-state index contributed by atoms with van der Waals surface area (Å²) in [4.78, 5) is -1.22. The molecule has 0 spiro atoms. The Bertz CT molecular complexity index is 1240. The fraction of sp³-hybridized carbons (Fsp3) is 0.118. The van der Waals surface area contributed by atoms with Crippen LogP contribution >= 0.6 is 11.6 Å². The Labute approximate surface area is 171 Å². The zero-order valence-corrected chi connectivity index (χ0v) is 16.3. The van der Waals surface area contributed by atoms with Crippen LogP contribution in [0.25, 0.3) is 22.4 Å². The van der Waals surface area contributed by atoms with Gasteiger partial charge < -0.3 is 9.26 Å². The van der Waals surface area contributed by atoms with E-state index in [0.717, 1.165) is 0 Å². The van der Waals surface area contributed by atoms with Gasteiger partial charge in [-0.25, -0.2) is 22.3 Å². The molecular weight excluding hydrogens is 459 g/mol. The highest BCUT2D eigenvalue weighted by molar-refractivity contribution is 7.89. The summed E-state index contributed by atoms with van der Waals surface area (Å²) in [5.74, 6) is -4.56. The van der Waals surface area contributed by atoms with E-state index in [-0.39, 0.29) is 28.5 Å². The van der Waals surface area contributed by atoms with E-state index in [1.807, 2.05) is 0 Å². The largest absolute Gasteiger partial charge is 0.495 e. The zero-order valence-electron chi connectivity index (χ0n) is 14.7. The number of alkyl halides is 3. The first-order valence-corrected chi connectivity index (χ1v) is 9.70. The molecule has 0 aliphatic rings. The minimum Gasteiger partial charge on any atom is -0.495 e. The number of nitrogens with two attached hydrogens (primary N) is 1. The van der Waals surface area contributed by atoms with E-state index in [0.29, 0.717) is 0 Å². The summed E-state index contributed by atoms with van der Waals surface area (Å²) in [7, 11) is -3.35. The van der Waals surface area contributed by atoms with Crippen LogP contribution in [-0.4, -0.2) is 20.7 Å². The van der Waals surface area contributed by atoms with Crippen molar-refractivity contribution in [3.63, 3.8) is 0 Å². The number of sulfonamides is 1. The number of methoxy groups -OCH3 is 1. The van der Waals surface area contributed by atoms with Gasteiger partial charge in [0.15, 0.2) is 0 Å². The standard InChI is InChI=1S/C17H10ClF5N2O4S/c1-28-12-3-2-7(4-9(12)18)15-14(16(29-25-15)17(21,22)23)8-5-11(20)13(6-10(8)19)30(24,26)27/h2-6H,1H3,(H2,24,26,27). The maximum Gasteiger partial charge on any atom is 0.453 e. The molecule has 0 fully saturated rings. The van der Waals surface area contributed by atoms with Crippen molar-refractivity contribution < 1.29 is 39.6 Å². The predicted octanol–water partition coefficient (Wildman–Crippen LogP) is 4.62. The second kappa shape index (κ2) is 7.52. The summed E-state index contributed by atoms with van der Waals surface area (Å²) >= 11 is 5.98. The Morgan fingerprint density at radius 3 is 2.33 bits per heavy atom. The van der Waals surface area contributed by atoms with Crippen LogP contribution in [0, 0.1) is 11.6 Å². The van der Waals surface area contributed by atoms with Crippen LogP contribution in [-0.2, 0) is 16.2 Å². The quantitative estimate of drug-likeness (QED) is 0.564. The number of rotatable bonds is 4. The molecule has 1 heterocycles. The molecule has 0 bridgehead atoms. The monoisotopic (exact) mass is 468 g/mol.